The Morgan fingerprint density at radius 2 is 1.57 bits per heavy atom. The first-order valence-electron chi connectivity index (χ1n) is 9.96. The highest BCUT2D eigenvalue weighted by molar-refractivity contribution is 5.74. The molecule has 2 atom stereocenters. The number of hydrogen-bond donors (Lipinski definition) is 1. The summed E-state index contributed by atoms with van der Waals surface area (Å²) >= 11 is 0. The van der Waals surface area contributed by atoms with Gasteiger partial charge in [0.1, 0.15) is 11.8 Å². The number of carbonyl (C=O) groups is 1. The summed E-state index contributed by atoms with van der Waals surface area (Å²) in [5, 5.41) is 9.89. The summed E-state index contributed by atoms with van der Waals surface area (Å²) in [5.74, 6) is 1.52. The molecular formula is C23H29NO6. The van der Waals surface area contributed by atoms with Gasteiger partial charge in [0.05, 0.1) is 34.5 Å². The number of nitrogens with zero attached hydrogens (tertiary/aromatic N) is 1. The number of hydrogen-bond acceptors (Lipinski definition) is 6. The molecule has 0 aliphatic carbocycles. The van der Waals surface area contributed by atoms with Crippen LogP contribution in [0.25, 0.3) is 0 Å². The van der Waals surface area contributed by atoms with Gasteiger partial charge in [-0.15, -0.1) is 0 Å². The number of carboxylic acid groups (broad SMARTS) is 1. The van der Waals surface area contributed by atoms with E-state index in [1.165, 1.54) is 0 Å². The molecule has 0 radical (unpaired) electrons. The second-order valence-electron chi connectivity index (χ2n) is 7.22. The van der Waals surface area contributed by atoms with Gasteiger partial charge in [-0.2, -0.15) is 0 Å². The first-order valence-corrected chi connectivity index (χ1v) is 9.96. The van der Waals surface area contributed by atoms with Crippen molar-refractivity contribution in [3.63, 3.8) is 0 Å². The van der Waals surface area contributed by atoms with Crippen molar-refractivity contribution in [2.45, 2.75) is 31.3 Å². The molecule has 1 heterocycles. The van der Waals surface area contributed by atoms with Gasteiger partial charge in [-0.25, -0.2) is 0 Å². The Balaban J connectivity index is 2.17. The summed E-state index contributed by atoms with van der Waals surface area (Å²) in [7, 11) is 6.33. The maximum Gasteiger partial charge on any atom is 0.320 e. The van der Waals surface area contributed by atoms with Crippen LogP contribution in [0, 0.1) is 0 Å². The van der Waals surface area contributed by atoms with Crippen molar-refractivity contribution < 1.29 is 28.8 Å². The van der Waals surface area contributed by atoms with Crippen molar-refractivity contribution in [3.05, 3.63) is 47.5 Å². The normalized spacial score (nSPS) is 17.8. The predicted molar refractivity (Wildman–Crippen MR) is 113 cm³/mol. The SMILES string of the molecule is COc1ccc(C(c2cc(OC)c(OC)c(OC)c2)N2CCCCC2C(=O)O)cc1. The second-order valence-corrected chi connectivity index (χ2v) is 7.22. The zero-order chi connectivity index (χ0) is 21.7. The maximum atomic E-state index is 12.0. The van der Waals surface area contributed by atoms with Gasteiger partial charge in [0.2, 0.25) is 5.75 Å². The van der Waals surface area contributed by atoms with Crippen LogP contribution in [0.4, 0.5) is 0 Å². The van der Waals surface area contributed by atoms with Crippen LogP contribution >= 0.6 is 0 Å². The van der Waals surface area contributed by atoms with Crippen LogP contribution in [0.15, 0.2) is 36.4 Å². The molecule has 0 spiro atoms. The third-order valence-electron chi connectivity index (χ3n) is 5.60. The van der Waals surface area contributed by atoms with Crippen molar-refractivity contribution in [1.82, 2.24) is 4.90 Å². The molecule has 0 amide bonds. The highest BCUT2D eigenvalue weighted by Gasteiger charge is 2.36. The number of rotatable bonds is 8. The Hall–Kier alpha value is -2.93. The van der Waals surface area contributed by atoms with Crippen LogP contribution in [-0.4, -0.2) is 57.0 Å². The Bertz CT molecular complexity index is 841. The van der Waals surface area contributed by atoms with Crippen molar-refractivity contribution in [1.29, 1.82) is 0 Å². The molecule has 0 aromatic heterocycles. The predicted octanol–water partition coefficient (Wildman–Crippen LogP) is 3.75. The van der Waals surface area contributed by atoms with Crippen LogP contribution in [-0.2, 0) is 4.79 Å². The molecule has 7 heteroatoms. The monoisotopic (exact) mass is 415 g/mol. The Morgan fingerprint density at radius 1 is 0.933 bits per heavy atom. The van der Waals surface area contributed by atoms with E-state index < -0.39 is 12.0 Å². The minimum atomic E-state index is -0.805. The van der Waals surface area contributed by atoms with Crippen molar-refractivity contribution in [2.75, 3.05) is 35.0 Å². The Morgan fingerprint density at radius 3 is 2.07 bits per heavy atom. The van der Waals surface area contributed by atoms with Crippen LogP contribution < -0.4 is 18.9 Å². The molecule has 1 fully saturated rings. The van der Waals surface area contributed by atoms with E-state index in [2.05, 4.69) is 0 Å². The van der Waals surface area contributed by atoms with Crippen LogP contribution in [0.3, 0.4) is 0 Å². The number of benzene rings is 2. The van der Waals surface area contributed by atoms with Gasteiger partial charge < -0.3 is 24.1 Å². The highest BCUT2D eigenvalue weighted by Crippen LogP contribution is 2.43. The lowest BCUT2D eigenvalue weighted by Crippen LogP contribution is -2.46. The number of piperidine rings is 1. The Labute approximate surface area is 177 Å². The molecular weight excluding hydrogens is 386 g/mol. The third kappa shape index (κ3) is 4.31. The zero-order valence-electron chi connectivity index (χ0n) is 17.9. The van der Waals surface area contributed by atoms with Gasteiger partial charge in [0, 0.05) is 0 Å². The summed E-state index contributed by atoms with van der Waals surface area (Å²) in [4.78, 5) is 14.1. The summed E-state index contributed by atoms with van der Waals surface area (Å²) in [5.41, 5.74) is 1.85. The summed E-state index contributed by atoms with van der Waals surface area (Å²) in [6.45, 7) is 0.685. The van der Waals surface area contributed by atoms with Gasteiger partial charge in [0.15, 0.2) is 11.5 Å². The fraction of sp³-hybridized carbons (Fsp3) is 0.435. The molecule has 2 aromatic rings. The second kappa shape index (κ2) is 9.71. The molecule has 7 nitrogen and oxygen atoms in total. The summed E-state index contributed by atoms with van der Waals surface area (Å²) < 4.78 is 21.8. The van der Waals surface area contributed by atoms with Gasteiger partial charge in [-0.1, -0.05) is 18.6 Å². The van der Waals surface area contributed by atoms with E-state index in [0.717, 1.165) is 29.7 Å². The minimum Gasteiger partial charge on any atom is -0.497 e. The van der Waals surface area contributed by atoms with E-state index in [1.807, 2.05) is 41.3 Å². The number of ether oxygens (including phenoxy) is 4. The topological polar surface area (TPSA) is 77.5 Å². The standard InChI is InChI=1S/C23H29NO6/c1-27-17-10-8-15(9-11-17)21(24-12-6-5-7-18(24)23(25)26)16-13-19(28-2)22(30-4)20(14-16)29-3/h8-11,13-14,18,21H,5-7,12H2,1-4H3,(H,25,26). The summed E-state index contributed by atoms with van der Waals surface area (Å²) in [6, 6.07) is 10.7. The molecule has 2 aromatic carbocycles. The van der Waals surface area contributed by atoms with Gasteiger partial charge in [0.25, 0.3) is 0 Å². The van der Waals surface area contributed by atoms with Crippen LogP contribution in [0.1, 0.15) is 36.4 Å². The lowest BCUT2D eigenvalue weighted by Gasteiger charge is -2.40. The number of methoxy groups -OCH3 is 4. The lowest BCUT2D eigenvalue weighted by molar-refractivity contribution is -0.145. The Kier molecular flexibility index (Phi) is 7.05. The zero-order valence-corrected chi connectivity index (χ0v) is 17.9. The minimum absolute atomic E-state index is 0.286. The van der Waals surface area contributed by atoms with Gasteiger partial charge in [-0.3, -0.25) is 9.69 Å². The summed E-state index contributed by atoms with van der Waals surface area (Å²) in [6.07, 6.45) is 2.46. The number of carboxylic acids is 1. The molecule has 1 aliphatic heterocycles. The smallest absolute Gasteiger partial charge is 0.320 e. The number of aliphatic carboxylic acids is 1. The first kappa shape index (κ1) is 21.8. The van der Waals surface area contributed by atoms with E-state index in [-0.39, 0.29) is 6.04 Å². The third-order valence-corrected chi connectivity index (χ3v) is 5.60. The maximum absolute atomic E-state index is 12.0. The van der Waals surface area contributed by atoms with Crippen molar-refractivity contribution in [3.8, 4) is 23.0 Å². The van der Waals surface area contributed by atoms with Crippen LogP contribution in [0.2, 0.25) is 0 Å². The molecule has 1 N–H and O–H groups in total. The first-order chi connectivity index (χ1) is 14.5. The lowest BCUT2D eigenvalue weighted by atomic mass is 9.91. The van der Waals surface area contributed by atoms with E-state index >= 15 is 0 Å². The molecule has 2 unspecified atom stereocenters. The molecule has 162 valence electrons. The van der Waals surface area contributed by atoms with E-state index in [0.29, 0.717) is 30.2 Å². The largest absolute Gasteiger partial charge is 0.497 e. The van der Waals surface area contributed by atoms with Gasteiger partial charge in [-0.05, 0) is 54.8 Å². The quantitative estimate of drug-likeness (QED) is 0.704. The fourth-order valence-electron chi connectivity index (χ4n) is 4.15. The van der Waals surface area contributed by atoms with Crippen LogP contribution in [0.5, 0.6) is 23.0 Å². The van der Waals surface area contributed by atoms with Gasteiger partial charge >= 0.3 is 5.97 Å². The molecule has 3 rings (SSSR count). The molecule has 0 bridgehead atoms. The van der Waals surface area contributed by atoms with Crippen molar-refractivity contribution >= 4 is 5.97 Å². The number of likely N-dealkylation sites (tertiary alicyclic amines) is 1. The highest BCUT2D eigenvalue weighted by atomic mass is 16.5. The van der Waals surface area contributed by atoms with E-state index in [1.54, 1.807) is 28.4 Å². The molecule has 0 saturated carbocycles. The average Bonchev–Trinajstić information content (AvgIpc) is 2.79. The molecule has 30 heavy (non-hydrogen) atoms. The van der Waals surface area contributed by atoms with E-state index in [9.17, 15) is 9.90 Å². The molecule has 1 saturated heterocycles. The van der Waals surface area contributed by atoms with E-state index in [4.69, 9.17) is 18.9 Å². The van der Waals surface area contributed by atoms with Crippen molar-refractivity contribution in [2.24, 2.45) is 0 Å². The molecule has 1 aliphatic rings. The average molecular weight is 415 g/mol. The fourth-order valence-corrected chi connectivity index (χ4v) is 4.15.